The third-order valence-electron chi connectivity index (χ3n) is 2.21. The number of amides is 1. The maximum Gasteiger partial charge on any atom is 0.227 e. The number of nitrogens with two attached hydrogens (primary N) is 1. The minimum absolute atomic E-state index is 0.176. The minimum atomic E-state index is -0.298. The lowest BCUT2D eigenvalue weighted by molar-refractivity contribution is -0.118. The number of methoxy groups -OCH3 is 1. The molecule has 6 heteroatoms. The highest BCUT2D eigenvalue weighted by Gasteiger charge is 2.12. The summed E-state index contributed by atoms with van der Waals surface area (Å²) in [6.45, 7) is 0.285. The van der Waals surface area contributed by atoms with Crippen molar-refractivity contribution in [2.24, 2.45) is 5.73 Å². The topological polar surface area (TPSA) is 64.3 Å². The first-order chi connectivity index (χ1) is 8.06. The van der Waals surface area contributed by atoms with Crippen molar-refractivity contribution in [2.75, 3.05) is 19.0 Å². The lowest BCUT2D eigenvalue weighted by Crippen LogP contribution is -2.28. The fourth-order valence-corrected chi connectivity index (χ4v) is 1.60. The van der Waals surface area contributed by atoms with Gasteiger partial charge in [0, 0.05) is 18.7 Å². The Morgan fingerprint density at radius 3 is 2.82 bits per heavy atom. The van der Waals surface area contributed by atoms with Gasteiger partial charge in [-0.1, -0.05) is 23.2 Å². The summed E-state index contributed by atoms with van der Waals surface area (Å²) in [5, 5.41) is 3.60. The minimum Gasteiger partial charge on any atom is -0.380 e. The normalized spacial score (nSPS) is 12.2. The maximum atomic E-state index is 11.7. The van der Waals surface area contributed by atoms with Gasteiger partial charge in [-0.25, -0.2) is 0 Å². The fraction of sp³-hybridized carbons (Fsp3) is 0.364. The molecule has 94 valence electrons. The number of carbonyl (C=O) groups is 1. The standard InChI is InChI=1S/C11H14Cl2N2O2/c1-17-8(6-14)5-11(16)15-10-4-7(12)2-3-9(10)13/h2-4,8H,5-6,14H2,1H3,(H,15,16). The Morgan fingerprint density at radius 1 is 1.53 bits per heavy atom. The van der Waals surface area contributed by atoms with Gasteiger partial charge in [-0.2, -0.15) is 0 Å². The second kappa shape index (κ2) is 6.81. The van der Waals surface area contributed by atoms with Crippen LogP contribution in [0, 0.1) is 0 Å². The molecule has 0 aliphatic rings. The van der Waals surface area contributed by atoms with Gasteiger partial charge >= 0.3 is 0 Å². The predicted octanol–water partition coefficient (Wildman–Crippen LogP) is 2.30. The molecule has 1 aromatic carbocycles. The SMILES string of the molecule is COC(CN)CC(=O)Nc1cc(Cl)ccc1Cl. The molecule has 1 amide bonds. The summed E-state index contributed by atoms with van der Waals surface area (Å²) in [5.74, 6) is -0.216. The smallest absolute Gasteiger partial charge is 0.227 e. The Kier molecular flexibility index (Phi) is 5.71. The first-order valence-electron chi connectivity index (χ1n) is 5.04. The van der Waals surface area contributed by atoms with Crippen molar-refractivity contribution in [3.8, 4) is 0 Å². The zero-order valence-corrected chi connectivity index (χ0v) is 10.9. The molecular weight excluding hydrogens is 263 g/mol. The summed E-state index contributed by atoms with van der Waals surface area (Å²) in [6.07, 6.45) is -0.122. The average Bonchev–Trinajstić information content (AvgIpc) is 2.31. The molecule has 0 bridgehead atoms. The Labute approximate surface area is 110 Å². The highest BCUT2D eigenvalue weighted by molar-refractivity contribution is 6.35. The summed E-state index contributed by atoms with van der Waals surface area (Å²) in [7, 11) is 1.51. The van der Waals surface area contributed by atoms with Crippen LogP contribution in [0.25, 0.3) is 0 Å². The molecule has 1 atom stereocenters. The molecule has 0 heterocycles. The zero-order valence-electron chi connectivity index (χ0n) is 9.37. The van der Waals surface area contributed by atoms with Crippen LogP contribution in [0.4, 0.5) is 5.69 Å². The Morgan fingerprint density at radius 2 is 2.24 bits per heavy atom. The molecule has 17 heavy (non-hydrogen) atoms. The van der Waals surface area contributed by atoms with E-state index in [2.05, 4.69) is 5.32 Å². The van der Waals surface area contributed by atoms with Crippen molar-refractivity contribution >= 4 is 34.8 Å². The van der Waals surface area contributed by atoms with E-state index in [9.17, 15) is 4.79 Å². The van der Waals surface area contributed by atoms with Gasteiger partial charge in [-0.3, -0.25) is 4.79 Å². The van der Waals surface area contributed by atoms with Crippen LogP contribution in [-0.4, -0.2) is 25.7 Å². The Balaban J connectivity index is 2.64. The van der Waals surface area contributed by atoms with E-state index in [1.165, 1.54) is 7.11 Å². The van der Waals surface area contributed by atoms with Crippen LogP contribution in [-0.2, 0) is 9.53 Å². The van der Waals surface area contributed by atoms with Gasteiger partial charge in [0.2, 0.25) is 5.91 Å². The molecule has 0 radical (unpaired) electrons. The van der Waals surface area contributed by atoms with Gasteiger partial charge in [-0.15, -0.1) is 0 Å². The van der Waals surface area contributed by atoms with Crippen molar-refractivity contribution in [3.63, 3.8) is 0 Å². The summed E-state index contributed by atoms with van der Waals surface area (Å²) in [6, 6.07) is 4.86. The van der Waals surface area contributed by atoms with E-state index >= 15 is 0 Å². The van der Waals surface area contributed by atoms with E-state index in [-0.39, 0.29) is 25.0 Å². The lowest BCUT2D eigenvalue weighted by atomic mass is 10.2. The first kappa shape index (κ1) is 14.3. The second-order valence-electron chi connectivity index (χ2n) is 3.47. The number of hydrogen-bond acceptors (Lipinski definition) is 3. The van der Waals surface area contributed by atoms with Crippen LogP contribution in [0.3, 0.4) is 0 Å². The van der Waals surface area contributed by atoms with Crippen LogP contribution in [0.2, 0.25) is 10.0 Å². The van der Waals surface area contributed by atoms with Crippen molar-refractivity contribution in [1.82, 2.24) is 0 Å². The average molecular weight is 277 g/mol. The van der Waals surface area contributed by atoms with Crippen LogP contribution < -0.4 is 11.1 Å². The van der Waals surface area contributed by atoms with Crippen LogP contribution in [0.15, 0.2) is 18.2 Å². The highest BCUT2D eigenvalue weighted by atomic mass is 35.5. The van der Waals surface area contributed by atoms with Gasteiger partial charge in [-0.05, 0) is 18.2 Å². The van der Waals surface area contributed by atoms with E-state index in [0.717, 1.165) is 0 Å². The van der Waals surface area contributed by atoms with Gasteiger partial charge in [0.25, 0.3) is 0 Å². The number of nitrogens with one attached hydrogen (secondary N) is 1. The summed E-state index contributed by atoms with van der Waals surface area (Å²) in [4.78, 5) is 11.7. The molecule has 0 aromatic heterocycles. The molecular formula is C11H14Cl2N2O2. The number of benzene rings is 1. The second-order valence-corrected chi connectivity index (χ2v) is 4.31. The maximum absolute atomic E-state index is 11.7. The molecule has 0 fully saturated rings. The molecule has 0 saturated heterocycles. The van der Waals surface area contributed by atoms with Crippen LogP contribution in [0.5, 0.6) is 0 Å². The van der Waals surface area contributed by atoms with E-state index in [1.54, 1.807) is 18.2 Å². The lowest BCUT2D eigenvalue weighted by Gasteiger charge is -2.13. The molecule has 0 spiro atoms. The highest BCUT2D eigenvalue weighted by Crippen LogP contribution is 2.25. The molecule has 3 N–H and O–H groups in total. The van der Waals surface area contributed by atoms with Crippen LogP contribution >= 0.6 is 23.2 Å². The van der Waals surface area contributed by atoms with E-state index in [0.29, 0.717) is 15.7 Å². The van der Waals surface area contributed by atoms with Crippen molar-refractivity contribution in [1.29, 1.82) is 0 Å². The number of carbonyl (C=O) groups excluding carboxylic acids is 1. The van der Waals surface area contributed by atoms with Gasteiger partial charge < -0.3 is 15.8 Å². The zero-order chi connectivity index (χ0) is 12.8. The van der Waals surface area contributed by atoms with Gasteiger partial charge in [0.15, 0.2) is 0 Å². The predicted molar refractivity (Wildman–Crippen MR) is 69.6 cm³/mol. The summed E-state index contributed by atoms with van der Waals surface area (Å²) in [5.41, 5.74) is 5.91. The largest absolute Gasteiger partial charge is 0.380 e. The van der Waals surface area contributed by atoms with Crippen LogP contribution in [0.1, 0.15) is 6.42 Å². The third-order valence-corrected chi connectivity index (χ3v) is 2.78. The van der Waals surface area contributed by atoms with Gasteiger partial charge in [0.05, 0.1) is 23.2 Å². The molecule has 0 aliphatic heterocycles. The number of hydrogen-bond donors (Lipinski definition) is 2. The molecule has 0 aliphatic carbocycles. The number of rotatable bonds is 5. The van der Waals surface area contributed by atoms with E-state index in [4.69, 9.17) is 33.7 Å². The van der Waals surface area contributed by atoms with Crippen molar-refractivity contribution < 1.29 is 9.53 Å². The molecule has 1 aromatic rings. The first-order valence-corrected chi connectivity index (χ1v) is 5.80. The van der Waals surface area contributed by atoms with E-state index in [1.807, 2.05) is 0 Å². The molecule has 0 saturated carbocycles. The summed E-state index contributed by atoms with van der Waals surface area (Å²) >= 11 is 11.7. The number of anilines is 1. The quantitative estimate of drug-likeness (QED) is 0.868. The molecule has 4 nitrogen and oxygen atoms in total. The van der Waals surface area contributed by atoms with Crippen molar-refractivity contribution in [3.05, 3.63) is 28.2 Å². The molecule has 1 unspecified atom stereocenters. The van der Waals surface area contributed by atoms with E-state index < -0.39 is 0 Å². The van der Waals surface area contributed by atoms with Crippen molar-refractivity contribution in [2.45, 2.75) is 12.5 Å². The monoisotopic (exact) mass is 276 g/mol. The number of halogens is 2. The third kappa shape index (κ3) is 4.52. The Hall–Kier alpha value is -0.810. The molecule has 1 rings (SSSR count). The number of ether oxygens (including phenoxy) is 1. The van der Waals surface area contributed by atoms with Gasteiger partial charge in [0.1, 0.15) is 0 Å². The fourth-order valence-electron chi connectivity index (χ4n) is 1.26. The Bertz CT molecular complexity index is 395. The summed E-state index contributed by atoms with van der Waals surface area (Å²) < 4.78 is 5.02.